The molecule has 0 aliphatic heterocycles. The van der Waals surface area contributed by atoms with Crippen molar-refractivity contribution in [3.8, 4) is 11.1 Å². The van der Waals surface area contributed by atoms with Crippen LogP contribution in [0.1, 0.15) is 43.7 Å². The number of benzene rings is 2. The quantitative estimate of drug-likeness (QED) is 0.508. The number of rotatable bonds is 10. The summed E-state index contributed by atoms with van der Waals surface area (Å²) in [5, 5.41) is 14.5. The molecule has 2 aromatic rings. The normalized spacial score (nSPS) is 15.0. The molecule has 0 bridgehead atoms. The van der Waals surface area contributed by atoms with E-state index in [0.717, 1.165) is 22.3 Å². The highest BCUT2D eigenvalue weighted by molar-refractivity contribution is 5.84. The number of ether oxygens (including phenoxy) is 2. The first kappa shape index (κ1) is 24.3. The van der Waals surface area contributed by atoms with Crippen LogP contribution in [0.2, 0.25) is 0 Å². The fourth-order valence-corrected chi connectivity index (χ4v) is 4.08. The third kappa shape index (κ3) is 5.70. The zero-order valence-corrected chi connectivity index (χ0v) is 19.0. The first-order valence-electron chi connectivity index (χ1n) is 11.0. The van der Waals surface area contributed by atoms with Crippen molar-refractivity contribution in [3.05, 3.63) is 59.7 Å². The number of hydrogen-bond donors (Lipinski definition) is 3. The summed E-state index contributed by atoms with van der Waals surface area (Å²) in [6, 6.07) is 14.5. The van der Waals surface area contributed by atoms with E-state index in [0.29, 0.717) is 6.42 Å². The lowest BCUT2D eigenvalue weighted by molar-refractivity contribution is -0.145. The van der Waals surface area contributed by atoms with Crippen LogP contribution in [0.5, 0.6) is 0 Å². The van der Waals surface area contributed by atoms with Crippen LogP contribution in [0.4, 0.5) is 4.79 Å². The third-order valence-electron chi connectivity index (χ3n) is 6.01. The maximum Gasteiger partial charge on any atom is 0.407 e. The number of fused-ring (bicyclic) bond motifs is 3. The number of nitrogens with one attached hydrogen (secondary N) is 2. The lowest BCUT2D eigenvalue weighted by Gasteiger charge is -2.22. The smallest absolute Gasteiger partial charge is 0.407 e. The van der Waals surface area contributed by atoms with E-state index in [1.807, 2.05) is 43.3 Å². The molecule has 8 nitrogen and oxygen atoms in total. The molecule has 1 aliphatic rings. The summed E-state index contributed by atoms with van der Waals surface area (Å²) in [7, 11) is 1.38. The minimum atomic E-state index is -1.18. The van der Waals surface area contributed by atoms with E-state index in [9.17, 15) is 19.5 Å². The Morgan fingerprint density at radius 1 is 1.00 bits per heavy atom. The van der Waals surface area contributed by atoms with Gasteiger partial charge < -0.3 is 25.2 Å². The largest absolute Gasteiger partial charge is 0.480 e. The Hall–Kier alpha value is -3.39. The van der Waals surface area contributed by atoms with Crippen LogP contribution in [0.15, 0.2) is 48.5 Å². The van der Waals surface area contributed by atoms with Gasteiger partial charge in [-0.25, -0.2) is 9.59 Å². The highest BCUT2D eigenvalue weighted by Crippen LogP contribution is 2.44. The zero-order chi connectivity index (χ0) is 24.0. The Balaban J connectivity index is 1.57. The van der Waals surface area contributed by atoms with Crippen LogP contribution >= 0.6 is 0 Å². The van der Waals surface area contributed by atoms with Gasteiger partial charge in [0.05, 0.1) is 6.10 Å². The number of aliphatic carboxylic acids is 1. The molecule has 3 rings (SSSR count). The van der Waals surface area contributed by atoms with E-state index < -0.39 is 36.2 Å². The lowest BCUT2D eigenvalue weighted by Crippen LogP contribution is -2.50. The van der Waals surface area contributed by atoms with Crippen LogP contribution in [0, 0.1) is 0 Å². The SMILES string of the molecule is CCC(CC(=O)NC(C(=O)O)C(C)OC)NC(=O)OCC1c2ccccc2-c2ccccc21. The fourth-order valence-electron chi connectivity index (χ4n) is 4.08. The van der Waals surface area contributed by atoms with Crippen LogP contribution in [-0.4, -0.2) is 55.0 Å². The van der Waals surface area contributed by atoms with Gasteiger partial charge in [-0.2, -0.15) is 0 Å². The maximum absolute atomic E-state index is 12.5. The van der Waals surface area contributed by atoms with Gasteiger partial charge >= 0.3 is 12.1 Å². The van der Waals surface area contributed by atoms with Crippen molar-refractivity contribution in [1.29, 1.82) is 0 Å². The van der Waals surface area contributed by atoms with Crippen molar-refractivity contribution in [1.82, 2.24) is 10.6 Å². The molecule has 3 atom stereocenters. The second-order valence-electron chi connectivity index (χ2n) is 8.10. The molecule has 1 aliphatic carbocycles. The number of alkyl carbamates (subject to hydrolysis) is 1. The number of carbonyl (C=O) groups excluding carboxylic acids is 2. The standard InChI is InChI=1S/C25H30N2O6/c1-4-16(13-22(28)27-23(24(29)30)15(2)32-3)26-25(31)33-14-21-19-11-7-5-9-17(19)18-10-6-8-12-20(18)21/h5-12,15-16,21,23H,4,13-14H2,1-3H3,(H,26,31)(H,27,28)(H,29,30). The van der Waals surface area contributed by atoms with Gasteiger partial charge in [-0.3, -0.25) is 4.79 Å². The molecule has 3 N–H and O–H groups in total. The average Bonchev–Trinajstić information content (AvgIpc) is 3.13. The molecule has 2 amide bonds. The van der Waals surface area contributed by atoms with E-state index in [1.54, 1.807) is 6.92 Å². The molecule has 0 saturated heterocycles. The number of carbonyl (C=O) groups is 3. The molecule has 0 radical (unpaired) electrons. The predicted molar refractivity (Wildman–Crippen MR) is 123 cm³/mol. The van der Waals surface area contributed by atoms with Crippen LogP contribution in [0.3, 0.4) is 0 Å². The zero-order valence-electron chi connectivity index (χ0n) is 19.0. The number of methoxy groups -OCH3 is 1. The molecule has 0 saturated carbocycles. The lowest BCUT2D eigenvalue weighted by atomic mass is 9.98. The molecular weight excluding hydrogens is 424 g/mol. The maximum atomic E-state index is 12.5. The highest BCUT2D eigenvalue weighted by atomic mass is 16.5. The Labute approximate surface area is 193 Å². The minimum Gasteiger partial charge on any atom is -0.480 e. The summed E-state index contributed by atoms with van der Waals surface area (Å²) in [5.41, 5.74) is 4.52. The second-order valence-corrected chi connectivity index (χ2v) is 8.10. The molecule has 2 aromatic carbocycles. The molecule has 33 heavy (non-hydrogen) atoms. The van der Waals surface area contributed by atoms with Gasteiger partial charge in [0.25, 0.3) is 0 Å². The van der Waals surface area contributed by atoms with Crippen molar-refractivity contribution >= 4 is 18.0 Å². The number of carboxylic acid groups (broad SMARTS) is 1. The first-order chi connectivity index (χ1) is 15.8. The van der Waals surface area contributed by atoms with Gasteiger partial charge in [-0.1, -0.05) is 55.5 Å². The molecule has 176 valence electrons. The van der Waals surface area contributed by atoms with Crippen molar-refractivity contribution in [3.63, 3.8) is 0 Å². The summed E-state index contributed by atoms with van der Waals surface area (Å²) in [5.74, 6) is -1.73. The Kier molecular flexibility index (Phi) is 8.06. The van der Waals surface area contributed by atoms with Crippen molar-refractivity contribution < 1.29 is 29.0 Å². The number of hydrogen-bond acceptors (Lipinski definition) is 5. The monoisotopic (exact) mass is 454 g/mol. The molecule has 0 fully saturated rings. The van der Waals surface area contributed by atoms with Crippen molar-refractivity contribution in [2.24, 2.45) is 0 Å². The van der Waals surface area contributed by atoms with Gasteiger partial charge in [0.1, 0.15) is 6.61 Å². The third-order valence-corrected chi connectivity index (χ3v) is 6.01. The van der Waals surface area contributed by atoms with Crippen LogP contribution < -0.4 is 10.6 Å². The van der Waals surface area contributed by atoms with Gasteiger partial charge in [0.2, 0.25) is 5.91 Å². The Bertz CT molecular complexity index is 962. The van der Waals surface area contributed by atoms with Gasteiger partial charge in [0, 0.05) is 25.5 Å². The predicted octanol–water partition coefficient (Wildman–Crippen LogP) is 3.30. The van der Waals surface area contributed by atoms with Gasteiger partial charge in [0.15, 0.2) is 6.04 Å². The summed E-state index contributed by atoms with van der Waals surface area (Å²) in [6.07, 6.45) is -0.894. The molecule has 0 aromatic heterocycles. The molecule has 8 heteroatoms. The molecular formula is C25H30N2O6. The summed E-state index contributed by atoms with van der Waals surface area (Å²) >= 11 is 0. The summed E-state index contributed by atoms with van der Waals surface area (Å²) in [6.45, 7) is 3.56. The van der Waals surface area contributed by atoms with Crippen LogP contribution in [0.25, 0.3) is 11.1 Å². The van der Waals surface area contributed by atoms with E-state index in [-0.39, 0.29) is 18.9 Å². The van der Waals surface area contributed by atoms with Crippen molar-refractivity contribution in [2.75, 3.05) is 13.7 Å². The van der Waals surface area contributed by atoms with E-state index in [4.69, 9.17) is 9.47 Å². The second kappa shape index (κ2) is 11.0. The van der Waals surface area contributed by atoms with Crippen LogP contribution in [-0.2, 0) is 19.1 Å². The Morgan fingerprint density at radius 3 is 2.09 bits per heavy atom. The van der Waals surface area contributed by atoms with E-state index >= 15 is 0 Å². The number of amides is 2. The molecule has 0 spiro atoms. The summed E-state index contributed by atoms with van der Waals surface area (Å²) in [4.78, 5) is 36.2. The molecule has 0 heterocycles. The summed E-state index contributed by atoms with van der Waals surface area (Å²) < 4.78 is 10.5. The van der Waals surface area contributed by atoms with Crippen molar-refractivity contribution in [2.45, 2.75) is 50.8 Å². The first-order valence-corrected chi connectivity index (χ1v) is 11.0. The van der Waals surface area contributed by atoms with Gasteiger partial charge in [-0.05, 0) is 35.6 Å². The average molecular weight is 455 g/mol. The minimum absolute atomic E-state index is 0.0571. The Morgan fingerprint density at radius 2 is 1.58 bits per heavy atom. The topological polar surface area (TPSA) is 114 Å². The number of carboxylic acids is 1. The van der Waals surface area contributed by atoms with Gasteiger partial charge in [-0.15, -0.1) is 0 Å². The molecule has 3 unspecified atom stereocenters. The van der Waals surface area contributed by atoms with E-state index in [2.05, 4.69) is 22.8 Å². The van der Waals surface area contributed by atoms with E-state index in [1.165, 1.54) is 7.11 Å². The highest BCUT2D eigenvalue weighted by Gasteiger charge is 2.30. The fraction of sp³-hybridized carbons (Fsp3) is 0.400.